The van der Waals surface area contributed by atoms with E-state index in [1.54, 1.807) is 6.20 Å². The van der Waals surface area contributed by atoms with Gasteiger partial charge in [0.25, 0.3) is 0 Å². The van der Waals surface area contributed by atoms with Crippen molar-refractivity contribution in [3.8, 4) is 0 Å². The number of nitrogens with one attached hydrogen (secondary N) is 1. The van der Waals surface area contributed by atoms with Crippen LogP contribution in [0.15, 0.2) is 6.20 Å². The monoisotopic (exact) mass is 194 g/mol. The maximum Gasteiger partial charge on any atom is 0.181 e. The second-order valence-corrected chi connectivity index (χ2v) is 3.62. The molecule has 0 saturated carbocycles. The van der Waals surface area contributed by atoms with Gasteiger partial charge in [-0.2, -0.15) is 0 Å². The zero-order valence-corrected chi connectivity index (χ0v) is 8.23. The van der Waals surface area contributed by atoms with Gasteiger partial charge in [0.2, 0.25) is 0 Å². The summed E-state index contributed by atoms with van der Waals surface area (Å²) in [7, 11) is 0. The maximum absolute atomic E-state index is 11.0. The molecule has 0 aliphatic carbocycles. The van der Waals surface area contributed by atoms with Crippen molar-refractivity contribution in [3.05, 3.63) is 11.9 Å². The summed E-state index contributed by atoms with van der Waals surface area (Å²) >= 11 is 0. The molecule has 1 aliphatic heterocycles. The third-order valence-corrected chi connectivity index (χ3v) is 2.55. The number of hydrogen-bond acceptors (Lipinski definition) is 4. The molecule has 76 valence electrons. The number of carbonyl (C=O) groups is 1. The Bertz CT molecular complexity index is 327. The molecule has 0 amide bonds. The Balaban J connectivity index is 2.11. The molecule has 14 heavy (non-hydrogen) atoms. The predicted octanol–water partition coefficient (Wildman–Crippen LogP) is 0.405. The highest BCUT2D eigenvalue weighted by molar-refractivity contribution is 5.91. The van der Waals surface area contributed by atoms with Crippen molar-refractivity contribution in [1.82, 2.24) is 20.3 Å². The molecule has 1 fully saturated rings. The summed E-state index contributed by atoms with van der Waals surface area (Å²) in [5.41, 5.74) is 0.462. The fourth-order valence-corrected chi connectivity index (χ4v) is 1.69. The third kappa shape index (κ3) is 1.82. The Labute approximate surface area is 82.5 Å². The van der Waals surface area contributed by atoms with Gasteiger partial charge in [-0.05, 0) is 25.9 Å². The van der Waals surface area contributed by atoms with Gasteiger partial charge in [-0.15, -0.1) is 5.10 Å². The van der Waals surface area contributed by atoms with Gasteiger partial charge in [-0.25, -0.2) is 4.68 Å². The molecule has 0 radical (unpaired) electrons. The van der Waals surface area contributed by atoms with E-state index in [1.165, 1.54) is 6.92 Å². The molecule has 1 N–H and O–H groups in total. The molecule has 2 rings (SSSR count). The van der Waals surface area contributed by atoms with Crippen LogP contribution in [0.4, 0.5) is 0 Å². The first-order valence-corrected chi connectivity index (χ1v) is 4.91. The maximum atomic E-state index is 11.0. The average molecular weight is 194 g/mol. The number of piperidine rings is 1. The van der Waals surface area contributed by atoms with Crippen LogP contribution in [-0.2, 0) is 0 Å². The zero-order valence-electron chi connectivity index (χ0n) is 8.23. The number of rotatable bonds is 2. The Morgan fingerprint density at radius 1 is 1.57 bits per heavy atom. The van der Waals surface area contributed by atoms with E-state index in [4.69, 9.17) is 0 Å². The molecule has 1 saturated heterocycles. The molecule has 2 heterocycles. The van der Waals surface area contributed by atoms with Crippen LogP contribution in [0.25, 0.3) is 0 Å². The SMILES string of the molecule is CC(=O)c1cn(C2CCNCC2)nn1. The van der Waals surface area contributed by atoms with E-state index in [-0.39, 0.29) is 5.78 Å². The van der Waals surface area contributed by atoms with Gasteiger partial charge in [-0.1, -0.05) is 5.21 Å². The average Bonchev–Trinajstić information content (AvgIpc) is 2.68. The Morgan fingerprint density at radius 2 is 2.29 bits per heavy atom. The summed E-state index contributed by atoms with van der Waals surface area (Å²) < 4.78 is 1.82. The molecule has 1 aromatic rings. The molecular formula is C9H14N4O. The first-order chi connectivity index (χ1) is 6.77. The van der Waals surface area contributed by atoms with Gasteiger partial charge in [0, 0.05) is 6.92 Å². The summed E-state index contributed by atoms with van der Waals surface area (Å²) in [5, 5.41) is 11.1. The number of aromatic nitrogens is 3. The first kappa shape index (κ1) is 9.33. The summed E-state index contributed by atoms with van der Waals surface area (Å²) in [5.74, 6) is -0.0230. The quantitative estimate of drug-likeness (QED) is 0.692. The highest BCUT2D eigenvalue weighted by Gasteiger charge is 2.17. The van der Waals surface area contributed by atoms with Crippen LogP contribution in [0.3, 0.4) is 0 Å². The Hall–Kier alpha value is -1.23. The van der Waals surface area contributed by atoms with Gasteiger partial charge >= 0.3 is 0 Å². The van der Waals surface area contributed by atoms with Crippen LogP contribution >= 0.6 is 0 Å². The van der Waals surface area contributed by atoms with Crippen molar-refractivity contribution in [3.63, 3.8) is 0 Å². The van der Waals surface area contributed by atoms with Crippen molar-refractivity contribution in [2.45, 2.75) is 25.8 Å². The van der Waals surface area contributed by atoms with E-state index in [0.29, 0.717) is 11.7 Å². The number of nitrogens with zero attached hydrogens (tertiary/aromatic N) is 3. The zero-order chi connectivity index (χ0) is 9.97. The summed E-state index contributed by atoms with van der Waals surface area (Å²) in [4.78, 5) is 11.0. The van der Waals surface area contributed by atoms with Crippen LogP contribution in [0.5, 0.6) is 0 Å². The molecule has 1 aliphatic rings. The van der Waals surface area contributed by atoms with Crippen LogP contribution in [-0.4, -0.2) is 33.9 Å². The van der Waals surface area contributed by atoms with Crippen molar-refractivity contribution in [2.75, 3.05) is 13.1 Å². The highest BCUT2D eigenvalue weighted by Crippen LogP contribution is 2.16. The minimum absolute atomic E-state index is 0.0230. The highest BCUT2D eigenvalue weighted by atomic mass is 16.1. The lowest BCUT2D eigenvalue weighted by Crippen LogP contribution is -2.29. The molecule has 0 spiro atoms. The molecule has 5 heteroatoms. The summed E-state index contributed by atoms with van der Waals surface area (Å²) in [6.07, 6.45) is 3.86. The van der Waals surface area contributed by atoms with Gasteiger partial charge in [0.1, 0.15) is 5.69 Å². The van der Waals surface area contributed by atoms with Gasteiger partial charge in [0.05, 0.1) is 12.2 Å². The van der Waals surface area contributed by atoms with Gasteiger partial charge in [-0.3, -0.25) is 4.79 Å². The number of carbonyl (C=O) groups excluding carboxylic acids is 1. The minimum Gasteiger partial charge on any atom is -0.317 e. The molecule has 0 unspecified atom stereocenters. The van der Waals surface area contributed by atoms with E-state index in [9.17, 15) is 4.79 Å². The Kier molecular flexibility index (Phi) is 2.58. The second-order valence-electron chi connectivity index (χ2n) is 3.62. The normalized spacial score (nSPS) is 18.4. The molecule has 1 aromatic heterocycles. The van der Waals surface area contributed by atoms with E-state index in [0.717, 1.165) is 25.9 Å². The second kappa shape index (κ2) is 3.88. The first-order valence-electron chi connectivity index (χ1n) is 4.91. The lowest BCUT2D eigenvalue weighted by molar-refractivity contribution is 0.101. The largest absolute Gasteiger partial charge is 0.317 e. The number of ketones is 1. The molecular weight excluding hydrogens is 180 g/mol. The smallest absolute Gasteiger partial charge is 0.181 e. The fourth-order valence-electron chi connectivity index (χ4n) is 1.69. The van der Waals surface area contributed by atoms with E-state index in [2.05, 4.69) is 15.6 Å². The lowest BCUT2D eigenvalue weighted by Gasteiger charge is -2.21. The van der Waals surface area contributed by atoms with E-state index < -0.39 is 0 Å². The van der Waals surface area contributed by atoms with Gasteiger partial charge < -0.3 is 5.32 Å². The molecule has 0 bridgehead atoms. The van der Waals surface area contributed by atoms with Crippen LogP contribution in [0, 0.1) is 0 Å². The van der Waals surface area contributed by atoms with Crippen LogP contribution in [0.1, 0.15) is 36.3 Å². The number of hydrogen-bond donors (Lipinski definition) is 1. The summed E-state index contributed by atoms with van der Waals surface area (Å²) in [6.45, 7) is 3.54. The van der Waals surface area contributed by atoms with Crippen molar-refractivity contribution < 1.29 is 4.79 Å². The molecule has 5 nitrogen and oxygen atoms in total. The standard InChI is InChI=1S/C9H14N4O/c1-7(14)9-6-13(12-11-9)8-2-4-10-5-3-8/h6,8,10H,2-5H2,1H3. The minimum atomic E-state index is -0.0230. The molecule has 0 aromatic carbocycles. The van der Waals surface area contributed by atoms with Crippen molar-refractivity contribution in [2.24, 2.45) is 0 Å². The third-order valence-electron chi connectivity index (χ3n) is 2.55. The molecule has 0 atom stereocenters. The van der Waals surface area contributed by atoms with E-state index in [1.807, 2.05) is 4.68 Å². The van der Waals surface area contributed by atoms with Gasteiger partial charge in [0.15, 0.2) is 5.78 Å². The Morgan fingerprint density at radius 3 is 2.86 bits per heavy atom. The van der Waals surface area contributed by atoms with E-state index >= 15 is 0 Å². The van der Waals surface area contributed by atoms with Crippen molar-refractivity contribution in [1.29, 1.82) is 0 Å². The number of Topliss-reactive ketones (excluding diaryl/α,β-unsaturated/α-hetero) is 1. The van der Waals surface area contributed by atoms with Crippen molar-refractivity contribution >= 4 is 5.78 Å². The topological polar surface area (TPSA) is 59.8 Å². The predicted molar refractivity (Wildman–Crippen MR) is 51.2 cm³/mol. The van der Waals surface area contributed by atoms with Crippen LogP contribution in [0.2, 0.25) is 0 Å². The summed E-state index contributed by atoms with van der Waals surface area (Å²) in [6, 6.07) is 0.400. The lowest BCUT2D eigenvalue weighted by atomic mass is 10.1. The van der Waals surface area contributed by atoms with Crippen LogP contribution < -0.4 is 5.32 Å². The fraction of sp³-hybridized carbons (Fsp3) is 0.667.